The van der Waals surface area contributed by atoms with Gasteiger partial charge in [0.05, 0.1) is 12.7 Å². The van der Waals surface area contributed by atoms with Crippen molar-refractivity contribution in [1.29, 1.82) is 0 Å². The van der Waals surface area contributed by atoms with Gasteiger partial charge in [0.25, 0.3) is 5.91 Å². The SMILES string of the molecule is COC(=O)c1c(NC(=O)COC(=O)c2ccccn2)sc2c1CCCC2. The molecule has 0 unspecified atom stereocenters. The van der Waals surface area contributed by atoms with Crippen molar-refractivity contribution in [1.82, 2.24) is 4.98 Å². The summed E-state index contributed by atoms with van der Waals surface area (Å²) in [7, 11) is 1.31. The van der Waals surface area contributed by atoms with Crippen molar-refractivity contribution in [3.8, 4) is 0 Å². The minimum absolute atomic E-state index is 0.127. The molecule has 0 bridgehead atoms. The Kier molecular flexibility index (Phi) is 5.62. The second-order valence-corrected chi connectivity index (χ2v) is 6.85. The number of hydrogen-bond acceptors (Lipinski definition) is 7. The van der Waals surface area contributed by atoms with E-state index in [0.717, 1.165) is 36.1 Å². The molecule has 0 fully saturated rings. The van der Waals surface area contributed by atoms with E-state index in [1.807, 2.05) is 0 Å². The maximum Gasteiger partial charge on any atom is 0.357 e. The molecule has 26 heavy (non-hydrogen) atoms. The van der Waals surface area contributed by atoms with E-state index in [-0.39, 0.29) is 5.69 Å². The quantitative estimate of drug-likeness (QED) is 0.809. The molecule has 1 N–H and O–H groups in total. The van der Waals surface area contributed by atoms with Gasteiger partial charge in [0.1, 0.15) is 10.7 Å². The molecule has 0 saturated carbocycles. The molecule has 2 aromatic rings. The van der Waals surface area contributed by atoms with Crippen LogP contribution in [-0.4, -0.2) is 36.5 Å². The fourth-order valence-corrected chi connectivity index (χ4v) is 4.12. The van der Waals surface area contributed by atoms with Crippen LogP contribution in [0.4, 0.5) is 5.00 Å². The Morgan fingerprint density at radius 3 is 2.73 bits per heavy atom. The summed E-state index contributed by atoms with van der Waals surface area (Å²) in [6, 6.07) is 4.84. The van der Waals surface area contributed by atoms with Gasteiger partial charge in [-0.1, -0.05) is 6.07 Å². The molecule has 0 aromatic carbocycles. The molecular formula is C18H18N2O5S. The predicted octanol–water partition coefficient (Wildman–Crippen LogP) is 2.60. The molecule has 136 valence electrons. The number of ether oxygens (including phenoxy) is 2. The lowest BCUT2D eigenvalue weighted by Gasteiger charge is -2.11. The normalized spacial score (nSPS) is 12.8. The van der Waals surface area contributed by atoms with Gasteiger partial charge in [-0.3, -0.25) is 4.79 Å². The number of hydrogen-bond donors (Lipinski definition) is 1. The summed E-state index contributed by atoms with van der Waals surface area (Å²) in [5, 5.41) is 3.12. The number of aryl methyl sites for hydroxylation is 1. The standard InChI is InChI=1S/C18H18N2O5S/c1-24-18(23)15-11-6-2-3-8-13(11)26-16(15)20-14(21)10-25-17(22)12-7-4-5-9-19-12/h4-5,7,9H,2-3,6,8,10H2,1H3,(H,20,21). The first kappa shape index (κ1) is 18.1. The Morgan fingerprint density at radius 1 is 1.19 bits per heavy atom. The van der Waals surface area contributed by atoms with Crippen LogP contribution >= 0.6 is 11.3 Å². The van der Waals surface area contributed by atoms with Gasteiger partial charge in [-0.05, 0) is 43.4 Å². The fraction of sp³-hybridized carbons (Fsp3) is 0.333. The van der Waals surface area contributed by atoms with Crippen molar-refractivity contribution >= 4 is 34.2 Å². The van der Waals surface area contributed by atoms with Crippen molar-refractivity contribution in [3.63, 3.8) is 0 Å². The highest BCUT2D eigenvalue weighted by molar-refractivity contribution is 7.17. The van der Waals surface area contributed by atoms with E-state index in [1.54, 1.807) is 12.1 Å². The van der Waals surface area contributed by atoms with E-state index in [0.29, 0.717) is 10.6 Å². The van der Waals surface area contributed by atoms with Crippen molar-refractivity contribution in [3.05, 3.63) is 46.1 Å². The van der Waals surface area contributed by atoms with Crippen molar-refractivity contribution in [2.75, 3.05) is 19.0 Å². The number of aromatic nitrogens is 1. The maximum atomic E-state index is 12.2. The summed E-state index contributed by atoms with van der Waals surface area (Å²) < 4.78 is 9.83. The molecule has 0 saturated heterocycles. The number of carbonyl (C=O) groups is 3. The third-order valence-electron chi connectivity index (χ3n) is 4.02. The molecule has 0 radical (unpaired) electrons. The molecule has 2 aromatic heterocycles. The first-order valence-corrected chi connectivity index (χ1v) is 9.02. The average molecular weight is 374 g/mol. The molecular weight excluding hydrogens is 356 g/mol. The van der Waals surface area contributed by atoms with Gasteiger partial charge in [-0.2, -0.15) is 0 Å². The molecule has 7 nitrogen and oxygen atoms in total. The molecule has 8 heteroatoms. The summed E-state index contributed by atoms with van der Waals surface area (Å²) >= 11 is 1.38. The van der Waals surface area contributed by atoms with Gasteiger partial charge in [0.15, 0.2) is 6.61 Å². The minimum Gasteiger partial charge on any atom is -0.465 e. The summed E-state index contributed by atoms with van der Waals surface area (Å²) in [5.74, 6) is -1.66. The third kappa shape index (κ3) is 3.91. The minimum atomic E-state index is -0.681. The lowest BCUT2D eigenvalue weighted by Crippen LogP contribution is -2.22. The molecule has 1 aliphatic carbocycles. The molecule has 0 aliphatic heterocycles. The lowest BCUT2D eigenvalue weighted by atomic mass is 9.95. The average Bonchev–Trinajstić information content (AvgIpc) is 3.03. The molecule has 2 heterocycles. The molecule has 1 amide bonds. The number of carbonyl (C=O) groups excluding carboxylic acids is 3. The van der Waals surface area contributed by atoms with Crippen LogP contribution in [0.3, 0.4) is 0 Å². The van der Waals surface area contributed by atoms with Gasteiger partial charge in [0.2, 0.25) is 0 Å². The highest BCUT2D eigenvalue weighted by Gasteiger charge is 2.27. The fourth-order valence-electron chi connectivity index (χ4n) is 2.82. The molecule has 3 rings (SSSR count). The Labute approximate surface area is 154 Å². The number of methoxy groups -OCH3 is 1. The zero-order valence-electron chi connectivity index (χ0n) is 14.2. The molecule has 1 aliphatic rings. The second kappa shape index (κ2) is 8.09. The number of anilines is 1. The Balaban J connectivity index is 1.68. The van der Waals surface area contributed by atoms with Crippen LogP contribution in [0.5, 0.6) is 0 Å². The smallest absolute Gasteiger partial charge is 0.357 e. The van der Waals surface area contributed by atoms with Crippen LogP contribution in [0.1, 0.15) is 44.1 Å². The molecule has 0 spiro atoms. The van der Waals surface area contributed by atoms with Crippen LogP contribution in [0.25, 0.3) is 0 Å². The van der Waals surface area contributed by atoms with Crippen LogP contribution in [0, 0.1) is 0 Å². The first-order chi connectivity index (χ1) is 12.6. The summed E-state index contributed by atoms with van der Waals surface area (Å²) in [6.07, 6.45) is 5.21. The number of rotatable bonds is 5. The monoisotopic (exact) mass is 374 g/mol. The first-order valence-electron chi connectivity index (χ1n) is 8.21. The Bertz CT molecular complexity index is 832. The van der Waals surface area contributed by atoms with Crippen LogP contribution in [0.15, 0.2) is 24.4 Å². The largest absolute Gasteiger partial charge is 0.465 e. The van der Waals surface area contributed by atoms with Crippen molar-refractivity contribution < 1.29 is 23.9 Å². The Morgan fingerprint density at radius 2 is 2.00 bits per heavy atom. The van der Waals surface area contributed by atoms with Gasteiger partial charge < -0.3 is 14.8 Å². The van der Waals surface area contributed by atoms with Gasteiger partial charge in [0, 0.05) is 11.1 Å². The zero-order valence-corrected chi connectivity index (χ0v) is 15.1. The van der Waals surface area contributed by atoms with Crippen LogP contribution in [0.2, 0.25) is 0 Å². The maximum absolute atomic E-state index is 12.2. The second-order valence-electron chi connectivity index (χ2n) is 5.75. The van der Waals surface area contributed by atoms with E-state index >= 15 is 0 Å². The third-order valence-corrected chi connectivity index (χ3v) is 5.23. The number of nitrogens with one attached hydrogen (secondary N) is 1. The summed E-state index contributed by atoms with van der Waals surface area (Å²) in [4.78, 5) is 41.1. The van der Waals surface area contributed by atoms with E-state index < -0.39 is 24.5 Å². The number of amides is 1. The predicted molar refractivity (Wildman–Crippen MR) is 95.4 cm³/mol. The summed E-state index contributed by atoms with van der Waals surface area (Å²) in [5.41, 5.74) is 1.49. The topological polar surface area (TPSA) is 94.6 Å². The van der Waals surface area contributed by atoms with Crippen molar-refractivity contribution in [2.24, 2.45) is 0 Å². The number of fused-ring (bicyclic) bond motifs is 1. The number of thiophene rings is 1. The van der Waals surface area contributed by atoms with Gasteiger partial charge in [-0.25, -0.2) is 14.6 Å². The lowest BCUT2D eigenvalue weighted by molar-refractivity contribution is -0.119. The number of nitrogens with zero attached hydrogens (tertiary/aromatic N) is 1. The highest BCUT2D eigenvalue weighted by Crippen LogP contribution is 2.38. The van der Waals surface area contributed by atoms with Crippen LogP contribution in [-0.2, 0) is 27.1 Å². The van der Waals surface area contributed by atoms with E-state index in [4.69, 9.17) is 9.47 Å². The number of esters is 2. The van der Waals surface area contributed by atoms with Crippen molar-refractivity contribution in [2.45, 2.75) is 25.7 Å². The molecule has 0 atom stereocenters. The zero-order chi connectivity index (χ0) is 18.5. The van der Waals surface area contributed by atoms with Gasteiger partial charge in [-0.15, -0.1) is 11.3 Å². The summed E-state index contributed by atoms with van der Waals surface area (Å²) in [6.45, 7) is -0.460. The highest BCUT2D eigenvalue weighted by atomic mass is 32.1. The van der Waals surface area contributed by atoms with Crippen LogP contribution < -0.4 is 5.32 Å². The Hall–Kier alpha value is -2.74. The van der Waals surface area contributed by atoms with E-state index in [2.05, 4.69) is 10.3 Å². The van der Waals surface area contributed by atoms with E-state index in [1.165, 1.54) is 30.7 Å². The van der Waals surface area contributed by atoms with E-state index in [9.17, 15) is 14.4 Å². The van der Waals surface area contributed by atoms with Gasteiger partial charge >= 0.3 is 11.9 Å². The number of pyridine rings is 1.